The van der Waals surface area contributed by atoms with Crippen LogP contribution in [0.15, 0.2) is 89.5 Å². The van der Waals surface area contributed by atoms with E-state index in [0.717, 1.165) is 11.8 Å². The van der Waals surface area contributed by atoms with Gasteiger partial charge in [0, 0.05) is 16.1 Å². The number of rotatable bonds is 12. The first-order chi connectivity index (χ1) is 23.7. The van der Waals surface area contributed by atoms with Crippen molar-refractivity contribution in [2.75, 3.05) is 17.2 Å². The highest BCUT2D eigenvalue weighted by atomic mass is 32.2. The first-order valence-electron chi connectivity index (χ1n) is 14.9. The Hall–Kier alpha value is -5.31. The summed E-state index contributed by atoms with van der Waals surface area (Å²) in [6, 6.07) is 20.9. The standard InChI is InChI=1S/C35H28F7N3O4S/c1-3-25(34(48)45-31-29(38)27(36)26(35(40,41)42)28(37)30(31)39)50-23-12-8-11-21(18-23)43-33(47)24(44-32(46)20-9-6-5-7-10-20)17-19-13-15-22(16-14-19)49-4-2/h5-18,25H,3-4H2,1-2H3,(H,43,47)(H,44,46)(H,45,48)/b24-17+. The summed E-state index contributed by atoms with van der Waals surface area (Å²) in [4.78, 5) is 39.7. The summed E-state index contributed by atoms with van der Waals surface area (Å²) in [5, 5.41) is 5.77. The van der Waals surface area contributed by atoms with Gasteiger partial charge in [0.2, 0.25) is 5.91 Å². The van der Waals surface area contributed by atoms with Crippen molar-refractivity contribution in [1.29, 1.82) is 0 Å². The minimum Gasteiger partial charge on any atom is -0.494 e. The monoisotopic (exact) mass is 719 g/mol. The molecule has 0 fully saturated rings. The lowest BCUT2D eigenvalue weighted by Crippen LogP contribution is -2.30. The zero-order chi connectivity index (χ0) is 36.6. The predicted octanol–water partition coefficient (Wildman–Crippen LogP) is 8.58. The van der Waals surface area contributed by atoms with E-state index in [4.69, 9.17) is 4.74 Å². The van der Waals surface area contributed by atoms with Crippen LogP contribution in [0.1, 0.15) is 41.8 Å². The van der Waals surface area contributed by atoms with Gasteiger partial charge in [0.15, 0.2) is 23.3 Å². The number of carbonyl (C=O) groups is 3. The van der Waals surface area contributed by atoms with E-state index in [1.54, 1.807) is 59.9 Å². The molecule has 50 heavy (non-hydrogen) atoms. The fraction of sp³-hybridized carbons (Fsp3) is 0.171. The first kappa shape index (κ1) is 37.5. The van der Waals surface area contributed by atoms with Crippen LogP contribution in [-0.2, 0) is 15.8 Å². The highest BCUT2D eigenvalue weighted by Crippen LogP contribution is 2.39. The molecule has 4 aromatic rings. The summed E-state index contributed by atoms with van der Waals surface area (Å²) in [6.45, 7) is 3.79. The molecule has 262 valence electrons. The van der Waals surface area contributed by atoms with Crippen LogP contribution >= 0.6 is 11.8 Å². The Kier molecular flexibility index (Phi) is 12.3. The third-order valence-corrected chi connectivity index (χ3v) is 8.22. The van der Waals surface area contributed by atoms with Gasteiger partial charge in [-0.25, -0.2) is 17.6 Å². The Morgan fingerprint density at radius 2 is 1.46 bits per heavy atom. The van der Waals surface area contributed by atoms with Crippen molar-refractivity contribution in [1.82, 2.24) is 5.32 Å². The lowest BCUT2D eigenvalue weighted by molar-refractivity contribution is -0.143. The lowest BCUT2D eigenvalue weighted by Gasteiger charge is -2.18. The molecule has 0 radical (unpaired) electrons. The molecule has 0 saturated heterocycles. The molecule has 0 saturated carbocycles. The van der Waals surface area contributed by atoms with Crippen LogP contribution in [0.25, 0.3) is 6.08 Å². The summed E-state index contributed by atoms with van der Waals surface area (Å²) >= 11 is 0.837. The van der Waals surface area contributed by atoms with Gasteiger partial charge >= 0.3 is 6.18 Å². The molecule has 0 aliphatic heterocycles. The highest BCUT2D eigenvalue weighted by Gasteiger charge is 2.42. The summed E-state index contributed by atoms with van der Waals surface area (Å²) in [7, 11) is 0. The number of carbonyl (C=O) groups excluding carboxylic acids is 3. The summed E-state index contributed by atoms with van der Waals surface area (Å²) < 4.78 is 101. The van der Waals surface area contributed by atoms with Crippen molar-refractivity contribution in [3.63, 3.8) is 0 Å². The van der Waals surface area contributed by atoms with Gasteiger partial charge in [-0.1, -0.05) is 43.3 Å². The second-order valence-corrected chi connectivity index (χ2v) is 11.6. The molecule has 3 N–H and O–H groups in total. The van der Waals surface area contributed by atoms with Crippen molar-refractivity contribution in [2.45, 2.75) is 36.6 Å². The molecular weight excluding hydrogens is 691 g/mol. The van der Waals surface area contributed by atoms with Crippen molar-refractivity contribution < 1.29 is 49.9 Å². The molecule has 4 rings (SSSR count). The predicted molar refractivity (Wildman–Crippen MR) is 174 cm³/mol. The summed E-state index contributed by atoms with van der Waals surface area (Å²) in [5.41, 5.74) is -3.52. The van der Waals surface area contributed by atoms with Gasteiger partial charge in [-0.2, -0.15) is 13.2 Å². The average molecular weight is 720 g/mol. The number of thioether (sulfide) groups is 1. The quantitative estimate of drug-likeness (QED) is 0.0590. The van der Waals surface area contributed by atoms with Crippen LogP contribution in [0.3, 0.4) is 0 Å². The van der Waals surface area contributed by atoms with Crippen LogP contribution in [0.4, 0.5) is 42.1 Å². The van der Waals surface area contributed by atoms with Crippen molar-refractivity contribution in [3.8, 4) is 5.75 Å². The fourth-order valence-corrected chi connectivity index (χ4v) is 5.48. The van der Waals surface area contributed by atoms with Gasteiger partial charge < -0.3 is 20.7 Å². The maximum Gasteiger partial charge on any atom is 0.422 e. The lowest BCUT2D eigenvalue weighted by atomic mass is 10.1. The molecule has 3 amide bonds. The van der Waals surface area contributed by atoms with Gasteiger partial charge in [-0.05, 0) is 67.4 Å². The fourth-order valence-electron chi connectivity index (χ4n) is 4.46. The van der Waals surface area contributed by atoms with Gasteiger partial charge in [-0.15, -0.1) is 11.8 Å². The highest BCUT2D eigenvalue weighted by molar-refractivity contribution is 8.00. The number of benzene rings is 4. The number of anilines is 2. The molecule has 0 aliphatic carbocycles. The zero-order valence-corrected chi connectivity index (χ0v) is 27.1. The second-order valence-electron chi connectivity index (χ2n) is 10.4. The molecule has 15 heteroatoms. The van der Waals surface area contributed by atoms with E-state index in [0.29, 0.717) is 28.4 Å². The number of hydrogen-bond acceptors (Lipinski definition) is 5. The number of halogens is 7. The van der Waals surface area contributed by atoms with E-state index in [1.807, 2.05) is 6.92 Å². The van der Waals surface area contributed by atoms with Crippen LogP contribution in [0.5, 0.6) is 5.75 Å². The van der Waals surface area contributed by atoms with Gasteiger partial charge in [0.05, 0.1) is 11.9 Å². The van der Waals surface area contributed by atoms with E-state index in [9.17, 15) is 45.1 Å². The molecule has 0 heterocycles. The maximum atomic E-state index is 14.4. The third kappa shape index (κ3) is 9.22. The minimum atomic E-state index is -5.74. The Balaban J connectivity index is 1.54. The normalized spacial score (nSPS) is 12.2. The smallest absolute Gasteiger partial charge is 0.422 e. The Labute approximate surface area is 285 Å². The second kappa shape index (κ2) is 16.4. The molecule has 0 bridgehead atoms. The Morgan fingerprint density at radius 3 is 2.04 bits per heavy atom. The van der Waals surface area contributed by atoms with Crippen molar-refractivity contribution in [2.24, 2.45) is 0 Å². The van der Waals surface area contributed by atoms with E-state index < -0.39 is 63.7 Å². The molecular formula is C35H28F7N3O4S. The molecule has 0 aromatic heterocycles. The van der Waals surface area contributed by atoms with Gasteiger partial charge in [0.25, 0.3) is 11.8 Å². The number of amides is 3. The average Bonchev–Trinajstić information content (AvgIpc) is 3.08. The molecule has 4 aromatic carbocycles. The van der Waals surface area contributed by atoms with Crippen molar-refractivity contribution >= 4 is 46.9 Å². The molecule has 1 unspecified atom stereocenters. The number of ether oxygens (including phenoxy) is 1. The first-order valence-corrected chi connectivity index (χ1v) is 15.7. The number of alkyl halides is 3. The topological polar surface area (TPSA) is 96.5 Å². The van der Waals surface area contributed by atoms with E-state index >= 15 is 0 Å². The Bertz CT molecular complexity index is 1870. The third-order valence-electron chi connectivity index (χ3n) is 6.86. The maximum absolute atomic E-state index is 14.4. The van der Waals surface area contributed by atoms with E-state index in [-0.39, 0.29) is 17.8 Å². The van der Waals surface area contributed by atoms with Gasteiger partial charge in [0.1, 0.15) is 22.7 Å². The largest absolute Gasteiger partial charge is 0.494 e. The van der Waals surface area contributed by atoms with Crippen LogP contribution < -0.4 is 20.7 Å². The molecule has 0 spiro atoms. The van der Waals surface area contributed by atoms with Crippen LogP contribution in [0.2, 0.25) is 0 Å². The minimum absolute atomic E-state index is 0.00239. The Morgan fingerprint density at radius 1 is 0.820 bits per heavy atom. The molecule has 1 atom stereocenters. The summed E-state index contributed by atoms with van der Waals surface area (Å²) in [5.74, 6) is -12.1. The van der Waals surface area contributed by atoms with E-state index in [2.05, 4.69) is 10.6 Å². The van der Waals surface area contributed by atoms with Crippen LogP contribution in [-0.4, -0.2) is 29.6 Å². The SMILES string of the molecule is CCOc1ccc(/C=C(/NC(=O)c2ccccc2)C(=O)Nc2cccc(SC(CC)C(=O)Nc3c(F)c(F)c(C(F)(F)F)c(F)c3F)c2)cc1. The van der Waals surface area contributed by atoms with Crippen LogP contribution in [0, 0.1) is 23.3 Å². The number of hydrogen-bond donors (Lipinski definition) is 3. The number of nitrogens with one attached hydrogen (secondary N) is 3. The zero-order valence-electron chi connectivity index (χ0n) is 26.3. The molecule has 0 aliphatic rings. The van der Waals surface area contributed by atoms with E-state index in [1.165, 1.54) is 37.3 Å². The summed E-state index contributed by atoms with van der Waals surface area (Å²) in [6.07, 6.45) is -4.28. The van der Waals surface area contributed by atoms with Gasteiger partial charge in [-0.3, -0.25) is 14.4 Å². The molecule has 7 nitrogen and oxygen atoms in total. The van der Waals surface area contributed by atoms with Crippen molar-refractivity contribution in [3.05, 3.63) is 125 Å².